The number of rotatable bonds is 5. The molecule has 0 heterocycles. The van der Waals surface area contributed by atoms with E-state index in [0.717, 1.165) is 22.8 Å². The summed E-state index contributed by atoms with van der Waals surface area (Å²) in [5.74, 6) is 1.02. The standard InChI is InChI=1S/C18H20FN3S.HI/c19-15-5-8-17(9-6-15)23-11-10-21-18(20)22-16-7-4-13-2-1-3-14(13)12-16;/h4-9,12H,1-3,10-11H2,(H3,20,21,22);1H. The number of benzene rings is 2. The van der Waals surface area contributed by atoms with Crippen LogP contribution in [0, 0.1) is 5.82 Å². The molecule has 0 bridgehead atoms. The first-order valence-corrected chi connectivity index (χ1v) is 8.76. The van der Waals surface area contributed by atoms with Crippen molar-refractivity contribution in [1.29, 1.82) is 0 Å². The van der Waals surface area contributed by atoms with Gasteiger partial charge in [0.05, 0.1) is 6.54 Å². The molecule has 0 amide bonds. The smallest absolute Gasteiger partial charge is 0.193 e. The normalized spacial score (nSPS) is 13.3. The molecule has 6 heteroatoms. The van der Waals surface area contributed by atoms with Crippen LogP contribution in [0.4, 0.5) is 10.1 Å². The highest BCUT2D eigenvalue weighted by molar-refractivity contribution is 14.0. The molecule has 24 heavy (non-hydrogen) atoms. The Balaban J connectivity index is 0.00000208. The molecule has 0 unspecified atom stereocenters. The minimum absolute atomic E-state index is 0. The number of aliphatic imine (C=N–C) groups is 1. The van der Waals surface area contributed by atoms with E-state index in [4.69, 9.17) is 5.73 Å². The Morgan fingerprint density at radius 2 is 1.88 bits per heavy atom. The molecular weight excluding hydrogens is 436 g/mol. The third-order valence-corrected chi connectivity index (χ3v) is 4.82. The van der Waals surface area contributed by atoms with Crippen LogP contribution >= 0.6 is 35.7 Å². The predicted octanol–water partition coefficient (Wildman–Crippen LogP) is 4.45. The lowest BCUT2D eigenvalue weighted by atomic mass is 10.1. The van der Waals surface area contributed by atoms with Crippen LogP contribution in [-0.2, 0) is 12.8 Å². The lowest BCUT2D eigenvalue weighted by Crippen LogP contribution is -2.23. The number of nitrogens with zero attached hydrogens (tertiary/aromatic N) is 1. The van der Waals surface area contributed by atoms with Crippen molar-refractivity contribution in [3.63, 3.8) is 0 Å². The lowest BCUT2D eigenvalue weighted by Gasteiger charge is -2.08. The molecule has 1 aliphatic rings. The molecule has 1 aliphatic carbocycles. The molecule has 2 aromatic carbocycles. The Labute approximate surface area is 163 Å². The first-order valence-electron chi connectivity index (χ1n) is 7.78. The Kier molecular flexibility index (Phi) is 7.36. The van der Waals surface area contributed by atoms with E-state index in [-0.39, 0.29) is 29.8 Å². The molecule has 3 N–H and O–H groups in total. The van der Waals surface area contributed by atoms with Gasteiger partial charge in [0.1, 0.15) is 5.82 Å². The van der Waals surface area contributed by atoms with Gasteiger partial charge in [-0.15, -0.1) is 35.7 Å². The van der Waals surface area contributed by atoms with E-state index in [2.05, 4.69) is 28.5 Å². The molecule has 2 aromatic rings. The van der Waals surface area contributed by atoms with Gasteiger partial charge in [0.25, 0.3) is 0 Å². The first kappa shape index (κ1) is 19.1. The van der Waals surface area contributed by atoms with Gasteiger partial charge in [0.15, 0.2) is 5.96 Å². The van der Waals surface area contributed by atoms with Gasteiger partial charge in [-0.05, 0) is 66.8 Å². The summed E-state index contributed by atoms with van der Waals surface area (Å²) < 4.78 is 12.8. The summed E-state index contributed by atoms with van der Waals surface area (Å²) in [6.07, 6.45) is 3.57. The molecule has 0 aromatic heterocycles. The van der Waals surface area contributed by atoms with Crippen LogP contribution in [-0.4, -0.2) is 18.3 Å². The number of fused-ring (bicyclic) bond motifs is 1. The minimum atomic E-state index is -0.213. The summed E-state index contributed by atoms with van der Waals surface area (Å²) in [5, 5.41) is 3.15. The number of anilines is 1. The number of aryl methyl sites for hydroxylation is 2. The molecular formula is C18H21FIN3S. The van der Waals surface area contributed by atoms with Crippen molar-refractivity contribution in [2.45, 2.75) is 24.2 Å². The molecule has 128 valence electrons. The van der Waals surface area contributed by atoms with Crippen LogP contribution in [0.1, 0.15) is 17.5 Å². The van der Waals surface area contributed by atoms with E-state index in [9.17, 15) is 4.39 Å². The second-order valence-corrected chi connectivity index (χ2v) is 6.70. The summed E-state index contributed by atoms with van der Waals surface area (Å²) in [5.41, 5.74) is 9.79. The first-order chi connectivity index (χ1) is 11.2. The lowest BCUT2D eigenvalue weighted by molar-refractivity contribution is 0.626. The average Bonchev–Trinajstić information content (AvgIpc) is 3.01. The molecule has 0 radical (unpaired) electrons. The zero-order chi connectivity index (χ0) is 16.1. The number of hydrogen-bond donors (Lipinski definition) is 2. The van der Waals surface area contributed by atoms with Crippen LogP contribution in [0.5, 0.6) is 0 Å². The zero-order valence-electron chi connectivity index (χ0n) is 13.3. The molecule has 0 aliphatic heterocycles. The van der Waals surface area contributed by atoms with Gasteiger partial charge in [-0.3, -0.25) is 4.99 Å². The van der Waals surface area contributed by atoms with Crippen molar-refractivity contribution < 1.29 is 4.39 Å². The number of thioether (sulfide) groups is 1. The van der Waals surface area contributed by atoms with Crippen molar-refractivity contribution in [3.05, 3.63) is 59.4 Å². The second-order valence-electron chi connectivity index (χ2n) is 5.53. The fourth-order valence-corrected chi connectivity index (χ4v) is 3.44. The number of hydrogen-bond acceptors (Lipinski definition) is 2. The van der Waals surface area contributed by atoms with E-state index in [1.54, 1.807) is 23.9 Å². The number of guanidine groups is 1. The summed E-state index contributed by atoms with van der Waals surface area (Å²) in [6, 6.07) is 12.9. The summed E-state index contributed by atoms with van der Waals surface area (Å²) in [7, 11) is 0. The van der Waals surface area contributed by atoms with Gasteiger partial charge in [-0.1, -0.05) is 6.07 Å². The highest BCUT2D eigenvalue weighted by Gasteiger charge is 2.10. The van der Waals surface area contributed by atoms with Crippen LogP contribution in [0.2, 0.25) is 0 Å². The molecule has 0 saturated carbocycles. The molecule has 3 rings (SSSR count). The van der Waals surface area contributed by atoms with Gasteiger partial charge >= 0.3 is 0 Å². The molecule has 3 nitrogen and oxygen atoms in total. The van der Waals surface area contributed by atoms with E-state index >= 15 is 0 Å². The highest BCUT2D eigenvalue weighted by atomic mass is 127. The average molecular weight is 457 g/mol. The molecule has 0 fully saturated rings. The van der Waals surface area contributed by atoms with Gasteiger partial charge in [0, 0.05) is 16.3 Å². The van der Waals surface area contributed by atoms with Gasteiger partial charge in [-0.25, -0.2) is 4.39 Å². The van der Waals surface area contributed by atoms with Crippen molar-refractivity contribution in [1.82, 2.24) is 0 Å². The topological polar surface area (TPSA) is 50.4 Å². The van der Waals surface area contributed by atoms with Gasteiger partial charge < -0.3 is 11.1 Å². The minimum Gasteiger partial charge on any atom is -0.370 e. The number of halogens is 2. The Morgan fingerprint density at radius 1 is 1.12 bits per heavy atom. The Hall–Kier alpha value is -1.28. The quantitative estimate of drug-likeness (QED) is 0.229. The van der Waals surface area contributed by atoms with E-state index in [1.165, 1.54) is 36.1 Å². The fourth-order valence-electron chi connectivity index (χ4n) is 2.70. The maximum atomic E-state index is 12.8. The Bertz CT molecular complexity index is 704. The molecule has 0 saturated heterocycles. The predicted molar refractivity (Wildman–Crippen MR) is 111 cm³/mol. The third-order valence-electron chi connectivity index (χ3n) is 3.83. The zero-order valence-corrected chi connectivity index (χ0v) is 16.4. The summed E-state index contributed by atoms with van der Waals surface area (Å²) >= 11 is 1.64. The maximum Gasteiger partial charge on any atom is 0.193 e. The van der Waals surface area contributed by atoms with E-state index in [0.29, 0.717) is 12.5 Å². The van der Waals surface area contributed by atoms with E-state index in [1.807, 2.05) is 0 Å². The SMILES string of the molecule is I.NC(=NCCSc1ccc(F)cc1)Nc1ccc2c(c1)CCC2. The molecule has 0 spiro atoms. The number of nitrogens with one attached hydrogen (secondary N) is 1. The van der Waals surface area contributed by atoms with Crippen molar-refractivity contribution >= 4 is 47.4 Å². The second kappa shape index (κ2) is 9.27. The van der Waals surface area contributed by atoms with Crippen LogP contribution in [0.25, 0.3) is 0 Å². The maximum absolute atomic E-state index is 12.8. The van der Waals surface area contributed by atoms with Crippen LogP contribution in [0.3, 0.4) is 0 Å². The molecule has 0 atom stereocenters. The van der Waals surface area contributed by atoms with Gasteiger partial charge in [0.2, 0.25) is 0 Å². The fraction of sp³-hybridized carbons (Fsp3) is 0.278. The Morgan fingerprint density at radius 3 is 2.67 bits per heavy atom. The van der Waals surface area contributed by atoms with Crippen molar-refractivity contribution in [3.8, 4) is 0 Å². The largest absolute Gasteiger partial charge is 0.370 e. The highest BCUT2D eigenvalue weighted by Crippen LogP contribution is 2.24. The van der Waals surface area contributed by atoms with E-state index < -0.39 is 0 Å². The number of nitrogens with two attached hydrogens (primary N) is 1. The van der Waals surface area contributed by atoms with Crippen molar-refractivity contribution in [2.24, 2.45) is 10.7 Å². The van der Waals surface area contributed by atoms with Crippen molar-refractivity contribution in [2.75, 3.05) is 17.6 Å². The monoisotopic (exact) mass is 457 g/mol. The summed E-state index contributed by atoms with van der Waals surface area (Å²) in [4.78, 5) is 5.37. The van der Waals surface area contributed by atoms with Crippen LogP contribution in [0.15, 0.2) is 52.4 Å². The van der Waals surface area contributed by atoms with Crippen LogP contribution < -0.4 is 11.1 Å². The summed E-state index contributed by atoms with van der Waals surface area (Å²) in [6.45, 7) is 0.617. The third kappa shape index (κ3) is 5.37. The van der Waals surface area contributed by atoms with Gasteiger partial charge in [-0.2, -0.15) is 0 Å².